The van der Waals surface area contributed by atoms with Crippen LogP contribution in [-0.4, -0.2) is 16.5 Å². The van der Waals surface area contributed by atoms with Gasteiger partial charge in [-0.3, -0.25) is 0 Å². The third-order valence-electron chi connectivity index (χ3n) is 2.15. The fourth-order valence-corrected chi connectivity index (χ4v) is 2.36. The molecule has 1 heterocycles. The lowest BCUT2D eigenvalue weighted by atomic mass is 10.3. The first-order chi connectivity index (χ1) is 9.10. The summed E-state index contributed by atoms with van der Waals surface area (Å²) in [4.78, 5) is 8.25. The standard InChI is InChI=1S/C12H10ClF2N3S/c1-2-16-12-17-6-8(13)11(18-12)19-10-5-7(14)3-4-9(10)15/h3-6H,2H2,1H3,(H,16,17,18). The fourth-order valence-electron chi connectivity index (χ4n) is 1.33. The molecule has 100 valence electrons. The summed E-state index contributed by atoms with van der Waals surface area (Å²) >= 11 is 6.91. The van der Waals surface area contributed by atoms with Crippen LogP contribution >= 0.6 is 23.4 Å². The van der Waals surface area contributed by atoms with Crippen molar-refractivity contribution in [1.82, 2.24) is 9.97 Å². The number of rotatable bonds is 4. The second kappa shape index (κ2) is 6.16. The summed E-state index contributed by atoms with van der Waals surface area (Å²) in [5.74, 6) is -0.640. The molecule has 0 aliphatic carbocycles. The van der Waals surface area contributed by atoms with Gasteiger partial charge in [-0.1, -0.05) is 23.4 Å². The monoisotopic (exact) mass is 301 g/mol. The highest BCUT2D eigenvalue weighted by atomic mass is 35.5. The molecule has 1 aromatic heterocycles. The Bertz CT molecular complexity index is 595. The van der Waals surface area contributed by atoms with E-state index < -0.39 is 11.6 Å². The Morgan fingerprint density at radius 2 is 2.16 bits per heavy atom. The van der Waals surface area contributed by atoms with E-state index in [0.717, 1.165) is 30.0 Å². The van der Waals surface area contributed by atoms with Crippen LogP contribution < -0.4 is 5.32 Å². The quantitative estimate of drug-likeness (QED) is 0.867. The van der Waals surface area contributed by atoms with Gasteiger partial charge >= 0.3 is 0 Å². The Morgan fingerprint density at radius 1 is 1.37 bits per heavy atom. The minimum absolute atomic E-state index is 0.128. The van der Waals surface area contributed by atoms with E-state index in [1.54, 1.807) is 0 Å². The van der Waals surface area contributed by atoms with Crippen LogP contribution in [0.4, 0.5) is 14.7 Å². The summed E-state index contributed by atoms with van der Waals surface area (Å²) in [6.07, 6.45) is 1.42. The van der Waals surface area contributed by atoms with Crippen LogP contribution in [0.25, 0.3) is 0 Å². The summed E-state index contributed by atoms with van der Waals surface area (Å²) in [6.45, 7) is 2.55. The van der Waals surface area contributed by atoms with Crippen LogP contribution in [0.5, 0.6) is 0 Å². The van der Waals surface area contributed by atoms with E-state index in [1.165, 1.54) is 6.20 Å². The number of hydrogen-bond donors (Lipinski definition) is 1. The van der Waals surface area contributed by atoms with E-state index >= 15 is 0 Å². The molecule has 0 spiro atoms. The SMILES string of the molecule is CCNc1ncc(Cl)c(Sc2cc(F)ccc2F)n1. The van der Waals surface area contributed by atoms with Crippen molar-refractivity contribution in [2.24, 2.45) is 0 Å². The van der Waals surface area contributed by atoms with Gasteiger partial charge < -0.3 is 5.32 Å². The molecule has 2 rings (SSSR count). The van der Waals surface area contributed by atoms with Crippen molar-refractivity contribution < 1.29 is 8.78 Å². The van der Waals surface area contributed by atoms with Crippen molar-refractivity contribution >= 4 is 29.3 Å². The van der Waals surface area contributed by atoms with Gasteiger partial charge in [0.25, 0.3) is 0 Å². The van der Waals surface area contributed by atoms with E-state index in [0.29, 0.717) is 17.5 Å². The first-order valence-electron chi connectivity index (χ1n) is 5.49. The number of benzene rings is 1. The van der Waals surface area contributed by atoms with Gasteiger partial charge in [0, 0.05) is 6.54 Å². The molecule has 3 nitrogen and oxygen atoms in total. The van der Waals surface area contributed by atoms with Crippen LogP contribution in [0.15, 0.2) is 34.3 Å². The molecule has 0 fully saturated rings. The van der Waals surface area contributed by atoms with Crippen LogP contribution in [0.3, 0.4) is 0 Å². The molecule has 2 aromatic rings. The van der Waals surface area contributed by atoms with Crippen molar-refractivity contribution in [3.05, 3.63) is 41.1 Å². The Kier molecular flexibility index (Phi) is 4.55. The number of anilines is 1. The smallest absolute Gasteiger partial charge is 0.223 e. The molecule has 0 unspecified atom stereocenters. The number of nitrogens with one attached hydrogen (secondary N) is 1. The van der Waals surface area contributed by atoms with E-state index in [2.05, 4.69) is 15.3 Å². The Balaban J connectivity index is 2.31. The average Bonchev–Trinajstić information content (AvgIpc) is 2.38. The summed E-state index contributed by atoms with van der Waals surface area (Å²) in [5, 5.41) is 3.58. The topological polar surface area (TPSA) is 37.8 Å². The molecule has 1 aromatic carbocycles. The Morgan fingerprint density at radius 3 is 2.89 bits per heavy atom. The zero-order valence-corrected chi connectivity index (χ0v) is 11.5. The van der Waals surface area contributed by atoms with E-state index in [1.807, 2.05) is 6.92 Å². The van der Waals surface area contributed by atoms with E-state index in [4.69, 9.17) is 11.6 Å². The molecular formula is C12H10ClF2N3S. The molecule has 19 heavy (non-hydrogen) atoms. The first-order valence-corrected chi connectivity index (χ1v) is 6.69. The van der Waals surface area contributed by atoms with Crippen LogP contribution in [0.1, 0.15) is 6.92 Å². The molecule has 0 aliphatic rings. The lowest BCUT2D eigenvalue weighted by Gasteiger charge is -2.07. The average molecular weight is 302 g/mol. The summed E-state index contributed by atoms with van der Waals surface area (Å²) in [7, 11) is 0. The Labute approximate surface area is 118 Å². The van der Waals surface area contributed by atoms with Gasteiger partial charge in [-0.2, -0.15) is 0 Å². The molecule has 0 aliphatic heterocycles. The summed E-state index contributed by atoms with van der Waals surface area (Å²) in [6, 6.07) is 3.23. The third-order valence-corrected chi connectivity index (χ3v) is 3.57. The maximum Gasteiger partial charge on any atom is 0.223 e. The molecular weight excluding hydrogens is 292 g/mol. The Hall–Kier alpha value is -1.40. The molecule has 0 saturated heterocycles. The number of hydrogen-bond acceptors (Lipinski definition) is 4. The molecule has 7 heteroatoms. The first kappa shape index (κ1) is 14.0. The normalized spacial score (nSPS) is 10.5. The highest BCUT2D eigenvalue weighted by Crippen LogP contribution is 2.33. The van der Waals surface area contributed by atoms with Crippen LogP contribution in [-0.2, 0) is 0 Å². The van der Waals surface area contributed by atoms with Crippen molar-refractivity contribution in [2.45, 2.75) is 16.8 Å². The van der Waals surface area contributed by atoms with Crippen LogP contribution in [0, 0.1) is 11.6 Å². The van der Waals surface area contributed by atoms with Crippen molar-refractivity contribution in [1.29, 1.82) is 0 Å². The van der Waals surface area contributed by atoms with Gasteiger partial charge in [0.15, 0.2) is 0 Å². The third kappa shape index (κ3) is 3.54. The highest BCUT2D eigenvalue weighted by molar-refractivity contribution is 7.99. The zero-order valence-electron chi connectivity index (χ0n) is 9.95. The van der Waals surface area contributed by atoms with Crippen molar-refractivity contribution in [2.75, 3.05) is 11.9 Å². The molecule has 0 bridgehead atoms. The second-order valence-corrected chi connectivity index (χ2v) is 4.99. The lowest BCUT2D eigenvalue weighted by Crippen LogP contribution is -2.02. The minimum atomic E-state index is -0.522. The fraction of sp³-hybridized carbons (Fsp3) is 0.167. The number of aromatic nitrogens is 2. The summed E-state index contributed by atoms with van der Waals surface area (Å²) in [5.41, 5.74) is 0. The largest absolute Gasteiger partial charge is 0.354 e. The summed E-state index contributed by atoms with van der Waals surface area (Å²) < 4.78 is 26.6. The maximum atomic E-state index is 13.5. The predicted molar refractivity (Wildman–Crippen MR) is 71.7 cm³/mol. The second-order valence-electron chi connectivity index (χ2n) is 3.55. The minimum Gasteiger partial charge on any atom is -0.354 e. The predicted octanol–water partition coefficient (Wildman–Crippen LogP) is 3.99. The zero-order chi connectivity index (χ0) is 13.8. The van der Waals surface area contributed by atoms with Gasteiger partial charge in [0.2, 0.25) is 5.95 Å². The van der Waals surface area contributed by atoms with Gasteiger partial charge in [-0.25, -0.2) is 18.7 Å². The highest BCUT2D eigenvalue weighted by Gasteiger charge is 2.11. The molecule has 0 radical (unpaired) electrons. The van der Waals surface area contributed by atoms with Gasteiger partial charge in [-0.05, 0) is 25.1 Å². The van der Waals surface area contributed by atoms with Gasteiger partial charge in [0.1, 0.15) is 16.7 Å². The molecule has 0 saturated carbocycles. The van der Waals surface area contributed by atoms with E-state index in [9.17, 15) is 8.78 Å². The van der Waals surface area contributed by atoms with Gasteiger partial charge in [-0.15, -0.1) is 0 Å². The molecule has 1 N–H and O–H groups in total. The van der Waals surface area contributed by atoms with Gasteiger partial charge in [0.05, 0.1) is 16.1 Å². The lowest BCUT2D eigenvalue weighted by molar-refractivity contribution is 0.577. The molecule has 0 amide bonds. The molecule has 0 atom stereocenters. The van der Waals surface area contributed by atoms with E-state index in [-0.39, 0.29) is 9.92 Å². The number of halogens is 3. The number of nitrogens with zero attached hydrogens (tertiary/aromatic N) is 2. The maximum absolute atomic E-state index is 13.5. The van der Waals surface area contributed by atoms with Crippen LogP contribution in [0.2, 0.25) is 5.02 Å². The van der Waals surface area contributed by atoms with Crippen molar-refractivity contribution in [3.8, 4) is 0 Å². The van der Waals surface area contributed by atoms with Crippen molar-refractivity contribution in [3.63, 3.8) is 0 Å².